The molecule has 5 rings (SSSR count). The Kier molecular flexibility index (Phi) is 4.83. The summed E-state index contributed by atoms with van der Waals surface area (Å²) in [7, 11) is 0. The first-order valence-corrected chi connectivity index (χ1v) is 10.8. The average Bonchev–Trinajstić information content (AvgIpc) is 3.31. The van der Waals surface area contributed by atoms with Crippen molar-refractivity contribution in [1.29, 1.82) is 0 Å². The summed E-state index contributed by atoms with van der Waals surface area (Å²) in [4.78, 5) is 36.5. The average molecular weight is 424 g/mol. The van der Waals surface area contributed by atoms with E-state index in [0.717, 1.165) is 48.4 Å². The van der Waals surface area contributed by atoms with Crippen molar-refractivity contribution in [2.24, 2.45) is 0 Å². The van der Waals surface area contributed by atoms with Crippen molar-refractivity contribution < 1.29 is 14.5 Å². The van der Waals surface area contributed by atoms with Crippen molar-refractivity contribution in [3.8, 4) is 0 Å². The van der Waals surface area contributed by atoms with E-state index in [2.05, 4.69) is 4.98 Å². The number of likely N-dealkylation sites (tertiary alicyclic amines) is 1. The van der Waals surface area contributed by atoms with Crippen molar-refractivity contribution >= 4 is 40.1 Å². The molecule has 2 saturated heterocycles. The minimum absolute atomic E-state index is 0.114. The number of nitrogens with zero attached hydrogens (tertiary/aromatic N) is 2. The normalized spacial score (nSPS) is 24.7. The number of fused-ring (bicyclic) bond motifs is 1. The van der Waals surface area contributed by atoms with Gasteiger partial charge in [-0.1, -0.05) is 29.8 Å². The van der Waals surface area contributed by atoms with Crippen LogP contribution in [0.25, 0.3) is 11.0 Å². The number of quaternary nitrogens is 1. The van der Waals surface area contributed by atoms with Crippen LogP contribution in [0, 0.1) is 6.92 Å². The lowest BCUT2D eigenvalue weighted by Crippen LogP contribution is -3.17. The standard InChI is InChI=1S/C23H23ClN4O2/c1-14-6-7-16(12-17(14)24)28-21(29)13-20(23(28)30)27-10-8-15(9-11-27)22-25-18-4-2-3-5-19(18)26-22/h2-7,12,15,20H,8-11,13H2,1H3,(H,25,26)/p+1/t20-/m0/s1. The predicted octanol–water partition coefficient (Wildman–Crippen LogP) is 2.62. The van der Waals surface area contributed by atoms with E-state index >= 15 is 0 Å². The molecule has 2 aliphatic rings. The molecular formula is C23H24ClN4O2+. The Hall–Kier alpha value is -2.70. The monoisotopic (exact) mass is 423 g/mol. The van der Waals surface area contributed by atoms with E-state index in [1.807, 2.05) is 37.3 Å². The number of benzene rings is 2. The van der Waals surface area contributed by atoms with Gasteiger partial charge in [0.2, 0.25) is 5.91 Å². The highest BCUT2D eigenvalue weighted by atomic mass is 35.5. The summed E-state index contributed by atoms with van der Waals surface area (Å²) in [6, 6.07) is 13.1. The lowest BCUT2D eigenvalue weighted by molar-refractivity contribution is -0.920. The van der Waals surface area contributed by atoms with Crippen molar-refractivity contribution in [3.63, 3.8) is 0 Å². The maximum Gasteiger partial charge on any atom is 0.292 e. The summed E-state index contributed by atoms with van der Waals surface area (Å²) in [6.45, 7) is 3.61. The van der Waals surface area contributed by atoms with Crippen molar-refractivity contribution in [1.82, 2.24) is 9.97 Å². The Balaban J connectivity index is 1.28. The molecule has 0 bridgehead atoms. The van der Waals surface area contributed by atoms with Crippen LogP contribution >= 0.6 is 11.6 Å². The van der Waals surface area contributed by atoms with E-state index in [9.17, 15) is 9.59 Å². The fourth-order valence-corrected chi connectivity index (χ4v) is 4.89. The van der Waals surface area contributed by atoms with Crippen LogP contribution in [0.5, 0.6) is 0 Å². The van der Waals surface area contributed by atoms with Gasteiger partial charge in [-0.25, -0.2) is 9.88 Å². The molecule has 2 fully saturated rings. The molecule has 2 amide bonds. The Morgan fingerprint density at radius 3 is 2.63 bits per heavy atom. The molecule has 7 heteroatoms. The van der Waals surface area contributed by atoms with Crippen LogP contribution in [-0.2, 0) is 9.59 Å². The van der Waals surface area contributed by atoms with E-state index in [1.54, 1.807) is 12.1 Å². The van der Waals surface area contributed by atoms with Gasteiger partial charge in [0, 0.05) is 23.8 Å². The van der Waals surface area contributed by atoms with Crippen LogP contribution < -0.4 is 9.80 Å². The summed E-state index contributed by atoms with van der Waals surface area (Å²) >= 11 is 6.21. The Labute approximate surface area is 179 Å². The number of anilines is 1. The SMILES string of the molecule is Cc1ccc(N2C(=O)C[C@H]([NH+]3CCC(c4nc5ccccc5[nH]4)CC3)C2=O)cc1Cl. The summed E-state index contributed by atoms with van der Waals surface area (Å²) in [5.74, 6) is 1.13. The summed E-state index contributed by atoms with van der Waals surface area (Å²) in [5.41, 5.74) is 3.55. The number of aromatic amines is 1. The number of aromatic nitrogens is 2. The largest absolute Gasteiger partial charge is 0.342 e. The second-order valence-electron chi connectivity index (χ2n) is 8.33. The molecule has 154 valence electrons. The molecule has 0 aliphatic carbocycles. The number of hydrogen-bond acceptors (Lipinski definition) is 3. The zero-order chi connectivity index (χ0) is 20.8. The number of aryl methyl sites for hydroxylation is 1. The van der Waals surface area contributed by atoms with Crippen LogP contribution in [0.2, 0.25) is 5.02 Å². The van der Waals surface area contributed by atoms with E-state index in [1.165, 1.54) is 9.80 Å². The highest BCUT2D eigenvalue weighted by Crippen LogP contribution is 2.28. The van der Waals surface area contributed by atoms with Crippen molar-refractivity contribution in [3.05, 3.63) is 58.9 Å². The van der Waals surface area contributed by atoms with Crippen LogP contribution in [0.1, 0.15) is 36.6 Å². The lowest BCUT2D eigenvalue weighted by Gasteiger charge is -2.31. The van der Waals surface area contributed by atoms with Gasteiger partial charge in [-0.05, 0) is 36.8 Å². The zero-order valence-electron chi connectivity index (χ0n) is 16.8. The molecule has 2 N–H and O–H groups in total. The highest BCUT2D eigenvalue weighted by molar-refractivity contribution is 6.32. The quantitative estimate of drug-likeness (QED) is 0.636. The number of para-hydroxylation sites is 2. The Morgan fingerprint density at radius 2 is 1.90 bits per heavy atom. The number of imidazole rings is 1. The molecule has 0 spiro atoms. The number of imide groups is 1. The molecule has 2 aliphatic heterocycles. The Bertz CT molecular complexity index is 1100. The molecule has 0 unspecified atom stereocenters. The van der Waals surface area contributed by atoms with E-state index in [-0.39, 0.29) is 24.3 Å². The minimum atomic E-state index is -0.311. The third-order valence-corrected chi connectivity index (χ3v) is 6.88. The number of halogens is 1. The number of carbonyl (C=O) groups excluding carboxylic acids is 2. The Morgan fingerprint density at radius 1 is 1.13 bits per heavy atom. The van der Waals surface area contributed by atoms with E-state index in [4.69, 9.17) is 16.6 Å². The smallest absolute Gasteiger partial charge is 0.292 e. The fourth-order valence-electron chi connectivity index (χ4n) is 4.72. The number of rotatable bonds is 3. The number of H-pyrrole nitrogens is 1. The van der Waals surface area contributed by atoms with E-state index < -0.39 is 0 Å². The third kappa shape index (κ3) is 3.30. The van der Waals surface area contributed by atoms with Gasteiger partial charge in [-0.3, -0.25) is 9.59 Å². The molecule has 3 heterocycles. The molecule has 2 aromatic carbocycles. The van der Waals surface area contributed by atoms with Gasteiger partial charge in [0.05, 0.1) is 36.2 Å². The highest BCUT2D eigenvalue weighted by Gasteiger charge is 2.46. The molecular weight excluding hydrogens is 400 g/mol. The lowest BCUT2D eigenvalue weighted by atomic mass is 9.95. The summed E-state index contributed by atoms with van der Waals surface area (Å²) < 4.78 is 0. The minimum Gasteiger partial charge on any atom is -0.342 e. The third-order valence-electron chi connectivity index (χ3n) is 6.48. The molecule has 1 aromatic heterocycles. The van der Waals surface area contributed by atoms with Gasteiger partial charge < -0.3 is 9.88 Å². The van der Waals surface area contributed by atoms with Crippen LogP contribution in [0.3, 0.4) is 0 Å². The fraction of sp³-hybridized carbons (Fsp3) is 0.348. The second kappa shape index (κ2) is 7.52. The first-order valence-electron chi connectivity index (χ1n) is 10.4. The molecule has 30 heavy (non-hydrogen) atoms. The number of carbonyl (C=O) groups is 2. The number of hydrogen-bond donors (Lipinski definition) is 2. The summed E-state index contributed by atoms with van der Waals surface area (Å²) in [5, 5.41) is 0.565. The van der Waals surface area contributed by atoms with E-state index in [0.29, 0.717) is 16.6 Å². The number of piperidine rings is 1. The van der Waals surface area contributed by atoms with Crippen LogP contribution in [-0.4, -0.2) is 40.9 Å². The number of nitrogens with one attached hydrogen (secondary N) is 2. The maximum absolute atomic E-state index is 13.1. The maximum atomic E-state index is 13.1. The van der Waals surface area contributed by atoms with Gasteiger partial charge in [-0.15, -0.1) is 0 Å². The predicted molar refractivity (Wildman–Crippen MR) is 116 cm³/mol. The molecule has 0 radical (unpaired) electrons. The second-order valence-corrected chi connectivity index (χ2v) is 8.74. The van der Waals surface area contributed by atoms with Crippen LogP contribution in [0.15, 0.2) is 42.5 Å². The molecule has 0 saturated carbocycles. The van der Waals surface area contributed by atoms with Crippen molar-refractivity contribution in [2.45, 2.75) is 38.1 Å². The van der Waals surface area contributed by atoms with Gasteiger partial charge in [0.25, 0.3) is 5.91 Å². The molecule has 1 atom stereocenters. The zero-order valence-corrected chi connectivity index (χ0v) is 17.6. The van der Waals surface area contributed by atoms with Gasteiger partial charge in [0.1, 0.15) is 5.82 Å². The number of amides is 2. The van der Waals surface area contributed by atoms with Crippen LogP contribution in [0.4, 0.5) is 5.69 Å². The first-order chi connectivity index (χ1) is 14.5. The topological polar surface area (TPSA) is 70.5 Å². The first kappa shape index (κ1) is 19.3. The van der Waals surface area contributed by atoms with Gasteiger partial charge >= 0.3 is 0 Å². The van der Waals surface area contributed by atoms with Gasteiger partial charge in [-0.2, -0.15) is 0 Å². The molecule has 3 aromatic rings. The van der Waals surface area contributed by atoms with Crippen molar-refractivity contribution in [2.75, 3.05) is 18.0 Å². The summed E-state index contributed by atoms with van der Waals surface area (Å²) in [6.07, 6.45) is 2.15. The van der Waals surface area contributed by atoms with Gasteiger partial charge in [0.15, 0.2) is 6.04 Å². The molecule has 6 nitrogen and oxygen atoms in total.